The van der Waals surface area contributed by atoms with E-state index in [-0.39, 0.29) is 5.75 Å². The molecule has 0 heterocycles. The molecule has 1 aliphatic rings. The van der Waals surface area contributed by atoms with Crippen molar-refractivity contribution >= 4 is 0 Å². The van der Waals surface area contributed by atoms with Crippen molar-refractivity contribution in [2.45, 2.75) is 52.1 Å². The number of aromatic hydroxyl groups is 1. The minimum absolute atomic E-state index is 0.237. The van der Waals surface area contributed by atoms with Crippen LogP contribution in [0.3, 0.4) is 0 Å². The SMILES string of the molecule is CC1(C)CCCC([C@@H](O)c2cccc(O)c2)CC1. The molecule has 1 aromatic rings. The molecule has 1 aliphatic carbocycles. The second-order valence-electron chi connectivity index (χ2n) is 6.40. The smallest absolute Gasteiger partial charge is 0.115 e. The Hall–Kier alpha value is -1.02. The molecule has 2 heteroatoms. The van der Waals surface area contributed by atoms with E-state index in [0.29, 0.717) is 11.3 Å². The van der Waals surface area contributed by atoms with E-state index in [2.05, 4.69) is 13.8 Å². The van der Waals surface area contributed by atoms with Crippen LogP contribution in [0.4, 0.5) is 0 Å². The maximum atomic E-state index is 10.5. The van der Waals surface area contributed by atoms with Gasteiger partial charge in [-0.05, 0) is 54.7 Å². The van der Waals surface area contributed by atoms with Crippen molar-refractivity contribution in [3.05, 3.63) is 29.8 Å². The fourth-order valence-corrected chi connectivity index (χ4v) is 2.98. The number of hydrogen-bond acceptors (Lipinski definition) is 2. The molecule has 2 atom stereocenters. The molecule has 0 aliphatic heterocycles. The van der Waals surface area contributed by atoms with Gasteiger partial charge in [-0.1, -0.05) is 32.4 Å². The van der Waals surface area contributed by atoms with Crippen LogP contribution in [-0.4, -0.2) is 10.2 Å². The molecular formula is C16H24O2. The van der Waals surface area contributed by atoms with Crippen molar-refractivity contribution in [2.24, 2.45) is 11.3 Å². The van der Waals surface area contributed by atoms with Crippen LogP contribution < -0.4 is 0 Å². The second kappa shape index (κ2) is 5.31. The first-order valence-corrected chi connectivity index (χ1v) is 6.95. The Bertz CT molecular complexity index is 398. The maximum Gasteiger partial charge on any atom is 0.115 e. The van der Waals surface area contributed by atoms with Crippen LogP contribution in [-0.2, 0) is 0 Å². The third-order valence-corrected chi connectivity index (χ3v) is 4.28. The van der Waals surface area contributed by atoms with Gasteiger partial charge in [-0.3, -0.25) is 0 Å². The zero-order valence-electron chi connectivity index (χ0n) is 11.4. The molecule has 0 spiro atoms. The van der Waals surface area contributed by atoms with Crippen molar-refractivity contribution in [3.63, 3.8) is 0 Å². The highest BCUT2D eigenvalue weighted by Gasteiger charge is 2.28. The Morgan fingerprint density at radius 1 is 1.22 bits per heavy atom. The van der Waals surface area contributed by atoms with E-state index < -0.39 is 6.10 Å². The molecular weight excluding hydrogens is 224 g/mol. The van der Waals surface area contributed by atoms with Crippen molar-refractivity contribution in [3.8, 4) is 5.75 Å². The zero-order valence-corrected chi connectivity index (χ0v) is 11.4. The predicted molar refractivity (Wildman–Crippen MR) is 73.4 cm³/mol. The number of phenols is 1. The summed E-state index contributed by atoms with van der Waals surface area (Å²) in [5.41, 5.74) is 1.26. The Morgan fingerprint density at radius 3 is 2.72 bits per heavy atom. The highest BCUT2D eigenvalue weighted by Crippen LogP contribution is 2.40. The molecule has 2 N–H and O–H groups in total. The molecule has 0 aromatic heterocycles. The zero-order chi connectivity index (χ0) is 13.2. The Kier molecular flexibility index (Phi) is 3.96. The summed E-state index contributed by atoms with van der Waals surface area (Å²) in [6.45, 7) is 4.63. The topological polar surface area (TPSA) is 40.5 Å². The van der Waals surface area contributed by atoms with Gasteiger partial charge in [0.15, 0.2) is 0 Å². The average Bonchev–Trinajstić information content (AvgIpc) is 2.49. The van der Waals surface area contributed by atoms with Gasteiger partial charge in [0, 0.05) is 0 Å². The lowest BCUT2D eigenvalue weighted by Gasteiger charge is -2.24. The fraction of sp³-hybridized carbons (Fsp3) is 0.625. The van der Waals surface area contributed by atoms with Crippen LogP contribution in [0.1, 0.15) is 57.6 Å². The summed E-state index contributed by atoms with van der Waals surface area (Å²) >= 11 is 0. The van der Waals surface area contributed by atoms with Crippen molar-refractivity contribution in [1.29, 1.82) is 0 Å². The molecule has 2 rings (SSSR count). The minimum atomic E-state index is -0.439. The summed E-state index contributed by atoms with van der Waals surface area (Å²) in [6, 6.07) is 7.03. The maximum absolute atomic E-state index is 10.5. The van der Waals surface area contributed by atoms with Gasteiger partial charge >= 0.3 is 0 Å². The number of aliphatic hydroxyl groups excluding tert-OH is 1. The van der Waals surface area contributed by atoms with E-state index in [0.717, 1.165) is 18.4 Å². The predicted octanol–water partition coefficient (Wildman–Crippen LogP) is 4.03. The van der Waals surface area contributed by atoms with Crippen LogP contribution in [0, 0.1) is 11.3 Å². The molecule has 100 valence electrons. The molecule has 18 heavy (non-hydrogen) atoms. The summed E-state index contributed by atoms with van der Waals surface area (Å²) in [6.07, 6.45) is 5.33. The average molecular weight is 248 g/mol. The van der Waals surface area contributed by atoms with Gasteiger partial charge in [-0.25, -0.2) is 0 Å². The molecule has 1 unspecified atom stereocenters. The third kappa shape index (κ3) is 3.26. The largest absolute Gasteiger partial charge is 0.508 e. The van der Waals surface area contributed by atoms with E-state index in [1.807, 2.05) is 6.07 Å². The first kappa shape index (κ1) is 13.4. The van der Waals surface area contributed by atoms with Crippen LogP contribution in [0.25, 0.3) is 0 Å². The first-order chi connectivity index (χ1) is 8.48. The van der Waals surface area contributed by atoms with Crippen LogP contribution in [0.15, 0.2) is 24.3 Å². The Labute approximate surface area is 110 Å². The summed E-state index contributed by atoms with van der Waals surface area (Å²) in [5, 5.41) is 19.9. The highest BCUT2D eigenvalue weighted by atomic mass is 16.3. The normalized spacial score (nSPS) is 25.4. The molecule has 0 bridgehead atoms. The van der Waals surface area contributed by atoms with Gasteiger partial charge in [0.2, 0.25) is 0 Å². The van der Waals surface area contributed by atoms with Gasteiger partial charge in [-0.15, -0.1) is 0 Å². The summed E-state index contributed by atoms with van der Waals surface area (Å²) < 4.78 is 0. The second-order valence-corrected chi connectivity index (χ2v) is 6.40. The first-order valence-electron chi connectivity index (χ1n) is 6.95. The van der Waals surface area contributed by atoms with Gasteiger partial charge in [-0.2, -0.15) is 0 Å². The number of hydrogen-bond donors (Lipinski definition) is 2. The summed E-state index contributed by atoms with van der Waals surface area (Å²) in [4.78, 5) is 0. The summed E-state index contributed by atoms with van der Waals surface area (Å²) in [5.74, 6) is 0.564. The molecule has 0 radical (unpaired) electrons. The van der Waals surface area contributed by atoms with Crippen molar-refractivity contribution in [2.75, 3.05) is 0 Å². The fourth-order valence-electron chi connectivity index (χ4n) is 2.98. The molecule has 0 saturated heterocycles. The molecule has 0 amide bonds. The number of rotatable bonds is 2. The molecule has 2 nitrogen and oxygen atoms in total. The van der Waals surface area contributed by atoms with Crippen LogP contribution >= 0.6 is 0 Å². The number of phenolic OH excluding ortho intramolecular Hbond substituents is 1. The number of benzene rings is 1. The minimum Gasteiger partial charge on any atom is -0.508 e. The monoisotopic (exact) mass is 248 g/mol. The lowest BCUT2D eigenvalue weighted by molar-refractivity contribution is 0.0966. The lowest BCUT2D eigenvalue weighted by Crippen LogP contribution is -2.13. The van der Waals surface area contributed by atoms with Gasteiger partial charge in [0.25, 0.3) is 0 Å². The third-order valence-electron chi connectivity index (χ3n) is 4.28. The Morgan fingerprint density at radius 2 is 2.00 bits per heavy atom. The van der Waals surface area contributed by atoms with Crippen LogP contribution in [0.5, 0.6) is 5.75 Å². The Balaban J connectivity index is 2.07. The highest BCUT2D eigenvalue weighted by molar-refractivity contribution is 5.28. The molecule has 1 saturated carbocycles. The van der Waals surface area contributed by atoms with Gasteiger partial charge in [0.1, 0.15) is 5.75 Å². The van der Waals surface area contributed by atoms with Crippen LogP contribution in [0.2, 0.25) is 0 Å². The van der Waals surface area contributed by atoms with Crippen molar-refractivity contribution in [1.82, 2.24) is 0 Å². The summed E-state index contributed by atoms with van der Waals surface area (Å²) in [7, 11) is 0. The van der Waals surface area contributed by atoms with E-state index in [4.69, 9.17) is 0 Å². The van der Waals surface area contributed by atoms with E-state index in [1.54, 1.807) is 18.2 Å². The number of aliphatic hydroxyl groups is 1. The quantitative estimate of drug-likeness (QED) is 0.776. The molecule has 1 aromatic carbocycles. The molecule has 1 fully saturated rings. The van der Waals surface area contributed by atoms with Gasteiger partial charge in [0.05, 0.1) is 6.10 Å². The van der Waals surface area contributed by atoms with E-state index in [1.165, 1.54) is 19.3 Å². The van der Waals surface area contributed by atoms with E-state index >= 15 is 0 Å². The lowest BCUT2D eigenvalue weighted by atomic mass is 9.84. The standard InChI is InChI=1S/C16H24O2/c1-16(2)9-4-6-12(8-10-16)15(18)13-5-3-7-14(17)11-13/h3,5,7,11-12,15,17-18H,4,6,8-10H2,1-2H3/t12?,15-/m1/s1. The van der Waals surface area contributed by atoms with E-state index in [9.17, 15) is 10.2 Å². The van der Waals surface area contributed by atoms with Gasteiger partial charge < -0.3 is 10.2 Å². The van der Waals surface area contributed by atoms with Crippen molar-refractivity contribution < 1.29 is 10.2 Å².